The smallest absolute Gasteiger partial charge is 0.249 e. The summed E-state index contributed by atoms with van der Waals surface area (Å²) in [6, 6.07) is 14.5. The summed E-state index contributed by atoms with van der Waals surface area (Å²) in [5.41, 5.74) is 3.26. The van der Waals surface area contributed by atoms with E-state index in [-0.39, 0.29) is 36.1 Å². The number of aromatic nitrogens is 2. The Hall–Kier alpha value is -3.30. The highest BCUT2D eigenvalue weighted by Gasteiger charge is 2.29. The molecule has 4 rings (SSSR count). The highest BCUT2D eigenvalue weighted by atomic mass is 32.2. The molecule has 0 saturated heterocycles. The fourth-order valence-corrected chi connectivity index (χ4v) is 5.36. The number of hydrogen-bond donors (Lipinski definition) is 1. The summed E-state index contributed by atoms with van der Waals surface area (Å²) in [5.74, 6) is -0.246. The standard InChI is InChI=1S/C24H26N4O4S/c1-4-19-23(24-25-21(29)12-13-22(30)28(24)26-19)18-11-10-16(2)20(14-18)33(31,32)27(3)15-17-8-6-5-7-9-17/h5-11,14H,4,12-13,15H2,1-3H3,(H,25,29). The minimum absolute atomic E-state index is 0.0704. The van der Waals surface area contributed by atoms with Crippen molar-refractivity contribution in [3.8, 4) is 11.1 Å². The van der Waals surface area contributed by atoms with Crippen LogP contribution in [0.2, 0.25) is 0 Å². The van der Waals surface area contributed by atoms with Crippen molar-refractivity contribution in [3.05, 3.63) is 65.4 Å². The van der Waals surface area contributed by atoms with Crippen LogP contribution >= 0.6 is 0 Å². The van der Waals surface area contributed by atoms with Gasteiger partial charge in [0.1, 0.15) is 5.82 Å². The number of aryl methyl sites for hydroxylation is 2. The van der Waals surface area contributed by atoms with Crippen LogP contribution in [0.15, 0.2) is 53.4 Å². The van der Waals surface area contributed by atoms with E-state index in [1.54, 1.807) is 32.2 Å². The Labute approximate surface area is 193 Å². The number of nitrogens with zero attached hydrogens (tertiary/aromatic N) is 3. The van der Waals surface area contributed by atoms with E-state index in [2.05, 4.69) is 10.4 Å². The third-order valence-electron chi connectivity index (χ3n) is 5.77. The molecule has 0 bridgehead atoms. The molecule has 33 heavy (non-hydrogen) atoms. The van der Waals surface area contributed by atoms with Crippen molar-refractivity contribution in [2.45, 2.75) is 44.6 Å². The van der Waals surface area contributed by atoms with Gasteiger partial charge in [-0.15, -0.1) is 0 Å². The molecule has 2 heterocycles. The summed E-state index contributed by atoms with van der Waals surface area (Å²) in [5, 5.41) is 7.20. The van der Waals surface area contributed by atoms with Crippen LogP contribution in [-0.2, 0) is 27.8 Å². The minimum Gasteiger partial charge on any atom is -0.310 e. The van der Waals surface area contributed by atoms with E-state index in [1.165, 1.54) is 8.99 Å². The molecule has 1 N–H and O–H groups in total. The third kappa shape index (κ3) is 4.34. The Morgan fingerprint density at radius 1 is 1.09 bits per heavy atom. The second kappa shape index (κ2) is 8.92. The third-order valence-corrected chi connectivity index (χ3v) is 7.71. The van der Waals surface area contributed by atoms with Gasteiger partial charge in [0.05, 0.1) is 10.6 Å². The van der Waals surface area contributed by atoms with E-state index in [0.29, 0.717) is 34.6 Å². The van der Waals surface area contributed by atoms with Gasteiger partial charge in [-0.2, -0.15) is 14.1 Å². The summed E-state index contributed by atoms with van der Waals surface area (Å²) in [6.45, 7) is 3.88. The molecule has 1 aliphatic rings. The van der Waals surface area contributed by atoms with Crippen molar-refractivity contribution in [3.63, 3.8) is 0 Å². The second-order valence-electron chi connectivity index (χ2n) is 8.10. The topological polar surface area (TPSA) is 101 Å². The zero-order valence-electron chi connectivity index (χ0n) is 18.8. The number of amides is 1. The minimum atomic E-state index is -3.80. The van der Waals surface area contributed by atoms with Crippen molar-refractivity contribution in [1.82, 2.24) is 14.1 Å². The lowest BCUT2D eigenvalue weighted by Gasteiger charge is -2.19. The molecule has 0 atom stereocenters. The van der Waals surface area contributed by atoms with Gasteiger partial charge in [0.25, 0.3) is 0 Å². The van der Waals surface area contributed by atoms with Crippen LogP contribution in [0.4, 0.5) is 5.82 Å². The molecule has 0 spiro atoms. The lowest BCUT2D eigenvalue weighted by molar-refractivity contribution is -0.116. The zero-order valence-corrected chi connectivity index (χ0v) is 19.6. The molecule has 0 radical (unpaired) electrons. The van der Waals surface area contributed by atoms with Crippen LogP contribution in [0.25, 0.3) is 11.1 Å². The van der Waals surface area contributed by atoms with Gasteiger partial charge in [-0.1, -0.05) is 49.4 Å². The predicted molar refractivity (Wildman–Crippen MR) is 125 cm³/mol. The fourth-order valence-electron chi connectivity index (χ4n) is 3.96. The van der Waals surface area contributed by atoms with Crippen molar-refractivity contribution >= 4 is 27.7 Å². The maximum atomic E-state index is 13.5. The van der Waals surface area contributed by atoms with Crippen LogP contribution in [0.5, 0.6) is 0 Å². The molecule has 3 aromatic rings. The molecular formula is C24H26N4O4S. The zero-order chi connectivity index (χ0) is 23.8. The lowest BCUT2D eigenvalue weighted by Crippen LogP contribution is -2.27. The molecular weight excluding hydrogens is 440 g/mol. The summed E-state index contributed by atoms with van der Waals surface area (Å²) < 4.78 is 29.5. The summed E-state index contributed by atoms with van der Waals surface area (Å²) in [7, 11) is -2.25. The van der Waals surface area contributed by atoms with E-state index in [4.69, 9.17) is 0 Å². The first-order chi connectivity index (χ1) is 15.7. The number of anilines is 1. The van der Waals surface area contributed by atoms with Crippen molar-refractivity contribution in [1.29, 1.82) is 0 Å². The normalized spacial score (nSPS) is 14.2. The number of nitrogens with one attached hydrogen (secondary N) is 1. The molecule has 172 valence electrons. The van der Waals surface area contributed by atoms with Crippen molar-refractivity contribution in [2.24, 2.45) is 0 Å². The highest BCUT2D eigenvalue weighted by Crippen LogP contribution is 2.36. The van der Waals surface area contributed by atoms with E-state index in [0.717, 1.165) is 5.56 Å². The Kier molecular flexibility index (Phi) is 6.18. The average molecular weight is 467 g/mol. The molecule has 0 unspecified atom stereocenters. The van der Waals surface area contributed by atoms with E-state index in [1.807, 2.05) is 37.3 Å². The number of carbonyl (C=O) groups excluding carboxylic acids is 2. The first-order valence-electron chi connectivity index (χ1n) is 10.8. The van der Waals surface area contributed by atoms with Gasteiger partial charge in [-0.3, -0.25) is 9.59 Å². The highest BCUT2D eigenvalue weighted by molar-refractivity contribution is 7.89. The SMILES string of the molecule is CCc1nn2c(c1-c1ccc(C)c(S(=O)(=O)N(C)Cc3ccccc3)c1)NC(=O)CCC2=O. The molecule has 1 aliphatic heterocycles. The van der Waals surface area contributed by atoms with Crippen LogP contribution in [0.1, 0.15) is 41.4 Å². The average Bonchev–Trinajstić information content (AvgIpc) is 3.09. The van der Waals surface area contributed by atoms with Crippen LogP contribution in [0, 0.1) is 6.92 Å². The summed E-state index contributed by atoms with van der Waals surface area (Å²) in [6.07, 6.45) is 0.671. The number of rotatable bonds is 6. The second-order valence-corrected chi connectivity index (χ2v) is 10.1. The van der Waals surface area contributed by atoms with E-state index >= 15 is 0 Å². The van der Waals surface area contributed by atoms with E-state index < -0.39 is 10.0 Å². The van der Waals surface area contributed by atoms with Crippen LogP contribution < -0.4 is 5.32 Å². The fraction of sp³-hybridized carbons (Fsp3) is 0.292. The largest absolute Gasteiger partial charge is 0.310 e. The first-order valence-corrected chi connectivity index (χ1v) is 12.2. The Balaban J connectivity index is 1.80. The molecule has 1 aromatic heterocycles. The number of sulfonamides is 1. The van der Waals surface area contributed by atoms with Gasteiger partial charge < -0.3 is 5.32 Å². The first kappa shape index (κ1) is 22.9. The van der Waals surface area contributed by atoms with E-state index in [9.17, 15) is 18.0 Å². The summed E-state index contributed by atoms with van der Waals surface area (Å²) in [4.78, 5) is 24.9. The van der Waals surface area contributed by atoms with Crippen molar-refractivity contribution < 1.29 is 18.0 Å². The van der Waals surface area contributed by atoms with Gasteiger partial charge >= 0.3 is 0 Å². The quantitative estimate of drug-likeness (QED) is 0.598. The monoisotopic (exact) mass is 466 g/mol. The maximum absolute atomic E-state index is 13.5. The number of carbonyl (C=O) groups is 2. The predicted octanol–water partition coefficient (Wildman–Crippen LogP) is 3.61. The van der Waals surface area contributed by atoms with Crippen LogP contribution in [-0.4, -0.2) is 41.4 Å². The lowest BCUT2D eigenvalue weighted by atomic mass is 10.0. The van der Waals surface area contributed by atoms with Gasteiger partial charge in [-0.05, 0) is 36.1 Å². The van der Waals surface area contributed by atoms with Gasteiger partial charge in [0.2, 0.25) is 21.8 Å². The van der Waals surface area contributed by atoms with Gasteiger partial charge in [-0.25, -0.2) is 8.42 Å². The molecule has 0 aliphatic carbocycles. The van der Waals surface area contributed by atoms with Crippen LogP contribution in [0.3, 0.4) is 0 Å². The summed E-state index contributed by atoms with van der Waals surface area (Å²) >= 11 is 0. The number of fused-ring (bicyclic) bond motifs is 1. The molecule has 9 heteroatoms. The number of hydrogen-bond acceptors (Lipinski definition) is 5. The molecule has 0 saturated carbocycles. The number of benzene rings is 2. The van der Waals surface area contributed by atoms with Crippen molar-refractivity contribution in [2.75, 3.05) is 12.4 Å². The Morgan fingerprint density at radius 2 is 1.82 bits per heavy atom. The molecule has 2 aromatic carbocycles. The molecule has 0 fully saturated rings. The molecule has 1 amide bonds. The Bertz CT molecular complexity index is 1330. The maximum Gasteiger partial charge on any atom is 0.249 e. The Morgan fingerprint density at radius 3 is 2.52 bits per heavy atom. The van der Waals surface area contributed by atoms with Gasteiger partial charge in [0, 0.05) is 32.0 Å². The van der Waals surface area contributed by atoms with Gasteiger partial charge in [0.15, 0.2) is 0 Å². The molecule has 8 nitrogen and oxygen atoms in total.